The molecule has 1 aromatic heterocycles. The highest BCUT2D eigenvalue weighted by atomic mass is 32.2. The molecule has 2 unspecified atom stereocenters. The van der Waals surface area contributed by atoms with Crippen LogP contribution >= 0.6 is 0 Å². The van der Waals surface area contributed by atoms with Gasteiger partial charge in [0.1, 0.15) is 4.90 Å². The van der Waals surface area contributed by atoms with Gasteiger partial charge in [0.2, 0.25) is 10.0 Å². The van der Waals surface area contributed by atoms with Crippen molar-refractivity contribution in [2.45, 2.75) is 43.6 Å². The van der Waals surface area contributed by atoms with Crippen molar-refractivity contribution in [2.75, 3.05) is 6.54 Å². The third-order valence-corrected chi connectivity index (χ3v) is 5.26. The summed E-state index contributed by atoms with van der Waals surface area (Å²) in [5.41, 5.74) is -0.327. The number of carboxylic acid groups (broad SMARTS) is 1. The number of carbonyl (C=O) groups is 1. The van der Waals surface area contributed by atoms with Gasteiger partial charge in [0, 0.05) is 6.54 Å². The van der Waals surface area contributed by atoms with Crippen LogP contribution in [0.15, 0.2) is 4.90 Å². The van der Waals surface area contributed by atoms with Crippen LogP contribution in [-0.4, -0.2) is 47.4 Å². The first-order valence-electron chi connectivity index (χ1n) is 6.77. The molecule has 0 spiro atoms. The number of hydrogen-bond acceptors (Lipinski definition) is 5. The van der Waals surface area contributed by atoms with E-state index in [1.165, 1.54) is 6.92 Å². The van der Waals surface area contributed by atoms with Crippen LogP contribution < -0.4 is 4.72 Å². The number of aryl methyl sites for hydroxylation is 1. The smallest absolute Gasteiger partial charge is 0.357 e. The number of hydrogen-bond donors (Lipinski definition) is 4. The van der Waals surface area contributed by atoms with Gasteiger partial charge in [-0.3, -0.25) is 5.10 Å². The predicted molar refractivity (Wildman–Crippen MR) is 73.4 cm³/mol. The number of aromatic nitrogens is 2. The molecule has 1 aliphatic rings. The van der Waals surface area contributed by atoms with Crippen LogP contribution in [0.1, 0.15) is 41.9 Å². The molecule has 1 aromatic rings. The van der Waals surface area contributed by atoms with E-state index in [9.17, 15) is 18.3 Å². The second-order valence-corrected chi connectivity index (χ2v) is 7.07. The van der Waals surface area contributed by atoms with E-state index in [4.69, 9.17) is 5.11 Å². The molecule has 0 aliphatic heterocycles. The Morgan fingerprint density at radius 3 is 2.81 bits per heavy atom. The van der Waals surface area contributed by atoms with Crippen molar-refractivity contribution in [3.05, 3.63) is 11.4 Å². The van der Waals surface area contributed by atoms with Crippen LogP contribution in [0, 0.1) is 12.8 Å². The zero-order valence-corrected chi connectivity index (χ0v) is 12.5. The predicted octanol–water partition coefficient (Wildman–Crippen LogP) is 0.246. The van der Waals surface area contributed by atoms with Gasteiger partial charge in [-0.1, -0.05) is 6.42 Å². The van der Waals surface area contributed by atoms with Gasteiger partial charge in [0.05, 0.1) is 11.8 Å². The lowest BCUT2D eigenvalue weighted by Gasteiger charge is -2.25. The number of sulfonamides is 1. The van der Waals surface area contributed by atoms with E-state index in [1.807, 2.05) is 0 Å². The maximum absolute atomic E-state index is 12.3. The summed E-state index contributed by atoms with van der Waals surface area (Å²) < 4.78 is 27.0. The Kier molecular flexibility index (Phi) is 4.64. The lowest BCUT2D eigenvalue weighted by molar-refractivity contribution is 0.0686. The van der Waals surface area contributed by atoms with Crippen LogP contribution in [0.2, 0.25) is 0 Å². The molecule has 0 bridgehead atoms. The Labute approximate surface area is 122 Å². The lowest BCUT2D eigenvalue weighted by atomic mass is 9.87. The normalized spacial score (nSPS) is 23.1. The van der Waals surface area contributed by atoms with E-state index in [0.29, 0.717) is 6.42 Å². The summed E-state index contributed by atoms with van der Waals surface area (Å²) in [5.74, 6) is -1.34. The fourth-order valence-corrected chi connectivity index (χ4v) is 4.08. The number of aliphatic hydroxyl groups is 1. The summed E-state index contributed by atoms with van der Waals surface area (Å²) in [7, 11) is -3.95. The summed E-state index contributed by atoms with van der Waals surface area (Å²) in [6, 6.07) is 0. The largest absolute Gasteiger partial charge is 0.476 e. The first-order chi connectivity index (χ1) is 9.81. The van der Waals surface area contributed by atoms with Gasteiger partial charge in [-0.25, -0.2) is 17.9 Å². The molecule has 2 atom stereocenters. The first-order valence-corrected chi connectivity index (χ1v) is 8.25. The molecule has 21 heavy (non-hydrogen) atoms. The van der Waals surface area contributed by atoms with Crippen LogP contribution in [-0.2, 0) is 10.0 Å². The van der Waals surface area contributed by atoms with Crippen LogP contribution in [0.3, 0.4) is 0 Å². The molecule has 0 radical (unpaired) electrons. The number of aliphatic hydroxyl groups excluding tert-OH is 1. The van der Waals surface area contributed by atoms with E-state index in [1.54, 1.807) is 0 Å². The fraction of sp³-hybridized carbons (Fsp3) is 0.667. The third-order valence-electron chi connectivity index (χ3n) is 3.68. The second-order valence-electron chi connectivity index (χ2n) is 5.37. The zero-order valence-electron chi connectivity index (χ0n) is 11.7. The number of nitrogens with zero attached hydrogens (tertiary/aromatic N) is 1. The Morgan fingerprint density at radius 2 is 2.19 bits per heavy atom. The van der Waals surface area contributed by atoms with Crippen molar-refractivity contribution in [3.63, 3.8) is 0 Å². The number of rotatable bonds is 5. The van der Waals surface area contributed by atoms with Crippen molar-refractivity contribution in [1.82, 2.24) is 14.9 Å². The minimum atomic E-state index is -3.95. The van der Waals surface area contributed by atoms with Gasteiger partial charge in [-0.05, 0) is 32.1 Å². The maximum atomic E-state index is 12.3. The number of carboxylic acids is 1. The lowest BCUT2D eigenvalue weighted by Crippen LogP contribution is -2.33. The second kappa shape index (κ2) is 6.12. The summed E-state index contributed by atoms with van der Waals surface area (Å²) in [6.07, 6.45) is 2.61. The molecule has 9 heteroatoms. The van der Waals surface area contributed by atoms with Crippen molar-refractivity contribution in [1.29, 1.82) is 0 Å². The molecule has 8 nitrogen and oxygen atoms in total. The van der Waals surface area contributed by atoms with Crippen molar-refractivity contribution < 1.29 is 23.4 Å². The molecule has 1 aliphatic carbocycles. The molecule has 0 amide bonds. The Morgan fingerprint density at radius 1 is 1.48 bits per heavy atom. The standard InChI is InChI=1S/C12H19N3O5S/c1-7-11(10(12(17)18)15-14-7)21(19,20)13-6-8-3-2-4-9(16)5-8/h8-9,13,16H,2-6H2,1H3,(H,14,15)(H,17,18). The first kappa shape index (κ1) is 15.9. The SMILES string of the molecule is Cc1[nH]nc(C(=O)O)c1S(=O)(=O)NCC1CCCC(O)C1. The molecule has 0 aromatic carbocycles. The number of aromatic carboxylic acids is 1. The zero-order chi connectivity index (χ0) is 15.6. The van der Waals surface area contributed by atoms with Crippen LogP contribution in [0.4, 0.5) is 0 Å². The van der Waals surface area contributed by atoms with E-state index in [2.05, 4.69) is 14.9 Å². The summed E-state index contributed by atoms with van der Waals surface area (Å²) in [5, 5.41) is 24.5. The van der Waals surface area contributed by atoms with Crippen molar-refractivity contribution >= 4 is 16.0 Å². The van der Waals surface area contributed by atoms with E-state index in [0.717, 1.165) is 19.3 Å². The molecule has 1 fully saturated rings. The summed E-state index contributed by atoms with van der Waals surface area (Å²) in [6.45, 7) is 1.64. The quantitative estimate of drug-likeness (QED) is 0.615. The molecule has 1 saturated carbocycles. The van der Waals surface area contributed by atoms with Gasteiger partial charge in [-0.15, -0.1) is 0 Å². The number of nitrogens with one attached hydrogen (secondary N) is 2. The van der Waals surface area contributed by atoms with Crippen LogP contribution in [0.25, 0.3) is 0 Å². The molecule has 1 heterocycles. The average Bonchev–Trinajstić information content (AvgIpc) is 2.80. The van der Waals surface area contributed by atoms with Crippen LogP contribution in [0.5, 0.6) is 0 Å². The Hall–Kier alpha value is -1.45. The highest BCUT2D eigenvalue weighted by Gasteiger charge is 2.29. The number of H-pyrrole nitrogens is 1. The summed E-state index contributed by atoms with van der Waals surface area (Å²) >= 11 is 0. The molecule has 0 saturated heterocycles. The molecular formula is C12H19N3O5S. The Bertz CT molecular complexity index is 625. The highest BCUT2D eigenvalue weighted by molar-refractivity contribution is 7.89. The molecular weight excluding hydrogens is 298 g/mol. The topological polar surface area (TPSA) is 132 Å². The van der Waals surface area contributed by atoms with Gasteiger partial charge < -0.3 is 10.2 Å². The monoisotopic (exact) mass is 317 g/mol. The fourth-order valence-electron chi connectivity index (χ4n) is 2.64. The van der Waals surface area contributed by atoms with Gasteiger partial charge in [-0.2, -0.15) is 5.10 Å². The van der Waals surface area contributed by atoms with E-state index in [-0.39, 0.29) is 23.1 Å². The van der Waals surface area contributed by atoms with E-state index < -0.39 is 27.8 Å². The third kappa shape index (κ3) is 3.60. The maximum Gasteiger partial charge on any atom is 0.357 e. The van der Waals surface area contributed by atoms with Gasteiger partial charge in [0.25, 0.3) is 0 Å². The summed E-state index contributed by atoms with van der Waals surface area (Å²) in [4.78, 5) is 10.7. The van der Waals surface area contributed by atoms with Crippen molar-refractivity contribution in [3.8, 4) is 0 Å². The van der Waals surface area contributed by atoms with Crippen molar-refractivity contribution in [2.24, 2.45) is 5.92 Å². The van der Waals surface area contributed by atoms with Gasteiger partial charge >= 0.3 is 5.97 Å². The molecule has 4 N–H and O–H groups in total. The van der Waals surface area contributed by atoms with E-state index >= 15 is 0 Å². The Balaban J connectivity index is 2.12. The molecule has 2 rings (SSSR count). The van der Waals surface area contributed by atoms with Gasteiger partial charge in [0.15, 0.2) is 5.69 Å². The minimum absolute atomic E-state index is 0.0593. The minimum Gasteiger partial charge on any atom is -0.476 e. The highest BCUT2D eigenvalue weighted by Crippen LogP contribution is 2.24. The average molecular weight is 317 g/mol. The number of aromatic amines is 1. The molecule has 118 valence electrons.